The molecular formula is C19H29N5. The van der Waals surface area contributed by atoms with Crippen molar-refractivity contribution in [2.75, 3.05) is 13.6 Å². The molecule has 0 aliphatic heterocycles. The molecule has 0 aliphatic rings. The molecule has 2 N–H and O–H groups in total. The van der Waals surface area contributed by atoms with Gasteiger partial charge in [-0.05, 0) is 58.2 Å². The van der Waals surface area contributed by atoms with E-state index in [1.54, 1.807) is 7.05 Å². The van der Waals surface area contributed by atoms with Crippen LogP contribution in [-0.2, 0) is 6.42 Å². The predicted molar refractivity (Wildman–Crippen MR) is 101 cm³/mol. The fourth-order valence-electron chi connectivity index (χ4n) is 2.47. The molecule has 130 valence electrons. The van der Waals surface area contributed by atoms with Gasteiger partial charge in [0, 0.05) is 25.3 Å². The lowest BCUT2D eigenvalue weighted by Crippen LogP contribution is -2.47. The van der Waals surface area contributed by atoms with Gasteiger partial charge in [-0.25, -0.2) is 4.68 Å². The number of hydrogen-bond acceptors (Lipinski definition) is 2. The van der Waals surface area contributed by atoms with E-state index in [0.717, 1.165) is 36.7 Å². The smallest absolute Gasteiger partial charge is 0.191 e. The summed E-state index contributed by atoms with van der Waals surface area (Å²) in [6.45, 7) is 9.33. The second-order valence-corrected chi connectivity index (χ2v) is 7.00. The molecular weight excluding hydrogens is 298 g/mol. The topological polar surface area (TPSA) is 54.2 Å². The fourth-order valence-corrected chi connectivity index (χ4v) is 2.47. The van der Waals surface area contributed by atoms with Gasteiger partial charge in [-0.15, -0.1) is 0 Å². The van der Waals surface area contributed by atoms with Crippen LogP contribution < -0.4 is 10.6 Å². The molecule has 0 aliphatic carbocycles. The number of aromatic nitrogens is 2. The Labute approximate surface area is 145 Å². The zero-order valence-electron chi connectivity index (χ0n) is 15.4. The van der Waals surface area contributed by atoms with E-state index >= 15 is 0 Å². The molecule has 1 heterocycles. The normalized spacial score (nSPS) is 12.3. The SMILES string of the molecule is CN=C(NCCCc1cn(-c2ccccc2)nc1C)NC(C)(C)C. The van der Waals surface area contributed by atoms with Crippen molar-refractivity contribution in [2.24, 2.45) is 4.99 Å². The van der Waals surface area contributed by atoms with Crippen molar-refractivity contribution in [2.45, 2.75) is 46.1 Å². The highest BCUT2D eigenvalue weighted by Crippen LogP contribution is 2.13. The first-order valence-electron chi connectivity index (χ1n) is 8.48. The van der Waals surface area contributed by atoms with Crippen molar-refractivity contribution in [3.05, 3.63) is 47.8 Å². The number of hydrogen-bond donors (Lipinski definition) is 2. The number of benzene rings is 1. The van der Waals surface area contributed by atoms with Gasteiger partial charge >= 0.3 is 0 Å². The number of nitrogens with zero attached hydrogens (tertiary/aromatic N) is 3. The molecule has 0 fully saturated rings. The Bertz CT molecular complexity index is 665. The van der Waals surface area contributed by atoms with E-state index in [0.29, 0.717) is 0 Å². The van der Waals surface area contributed by atoms with Gasteiger partial charge in [0.15, 0.2) is 5.96 Å². The van der Waals surface area contributed by atoms with Gasteiger partial charge in [0.1, 0.15) is 0 Å². The van der Waals surface area contributed by atoms with Gasteiger partial charge in [0.25, 0.3) is 0 Å². The minimum atomic E-state index is 0.00918. The van der Waals surface area contributed by atoms with Gasteiger partial charge in [-0.2, -0.15) is 5.10 Å². The summed E-state index contributed by atoms with van der Waals surface area (Å²) in [6, 6.07) is 10.2. The van der Waals surface area contributed by atoms with Gasteiger partial charge in [0.05, 0.1) is 11.4 Å². The van der Waals surface area contributed by atoms with Gasteiger partial charge in [-0.3, -0.25) is 4.99 Å². The first-order chi connectivity index (χ1) is 11.4. The second kappa shape index (κ2) is 7.99. The quantitative estimate of drug-likeness (QED) is 0.504. The molecule has 0 saturated heterocycles. The van der Waals surface area contributed by atoms with Crippen molar-refractivity contribution in [3.63, 3.8) is 0 Å². The maximum Gasteiger partial charge on any atom is 0.191 e. The van der Waals surface area contributed by atoms with E-state index < -0.39 is 0 Å². The van der Waals surface area contributed by atoms with E-state index in [2.05, 4.69) is 66.7 Å². The average Bonchev–Trinajstić information content (AvgIpc) is 2.91. The molecule has 0 spiro atoms. The highest BCUT2D eigenvalue weighted by Gasteiger charge is 2.11. The third-order valence-electron chi connectivity index (χ3n) is 3.65. The summed E-state index contributed by atoms with van der Waals surface area (Å²) >= 11 is 0. The third-order valence-corrected chi connectivity index (χ3v) is 3.65. The van der Waals surface area contributed by atoms with E-state index in [9.17, 15) is 0 Å². The van der Waals surface area contributed by atoms with Crippen LogP contribution in [0, 0.1) is 6.92 Å². The zero-order valence-corrected chi connectivity index (χ0v) is 15.4. The molecule has 1 aromatic heterocycles. The van der Waals surface area contributed by atoms with Crippen molar-refractivity contribution >= 4 is 5.96 Å². The molecule has 1 aromatic carbocycles. The molecule has 5 heteroatoms. The van der Waals surface area contributed by atoms with Gasteiger partial charge < -0.3 is 10.6 Å². The summed E-state index contributed by atoms with van der Waals surface area (Å²) in [6.07, 6.45) is 4.16. The summed E-state index contributed by atoms with van der Waals surface area (Å²) in [4.78, 5) is 4.26. The summed E-state index contributed by atoms with van der Waals surface area (Å²) in [5.74, 6) is 0.846. The van der Waals surface area contributed by atoms with Crippen LogP contribution in [0.4, 0.5) is 0 Å². The molecule has 0 radical (unpaired) electrons. The average molecular weight is 327 g/mol. The first kappa shape index (κ1) is 18.0. The van der Waals surface area contributed by atoms with Crippen molar-refractivity contribution in [1.29, 1.82) is 0 Å². The summed E-state index contributed by atoms with van der Waals surface area (Å²) in [7, 11) is 1.80. The summed E-state index contributed by atoms with van der Waals surface area (Å²) in [5.41, 5.74) is 3.49. The monoisotopic (exact) mass is 327 g/mol. The number of aliphatic imine (C=N–C) groups is 1. The van der Waals surface area contributed by atoms with Crippen LogP contribution in [0.25, 0.3) is 5.69 Å². The van der Waals surface area contributed by atoms with Crippen LogP contribution in [0.15, 0.2) is 41.5 Å². The maximum absolute atomic E-state index is 4.62. The van der Waals surface area contributed by atoms with E-state index in [-0.39, 0.29) is 5.54 Å². The van der Waals surface area contributed by atoms with Crippen molar-refractivity contribution in [1.82, 2.24) is 20.4 Å². The Morgan fingerprint density at radius 2 is 1.92 bits per heavy atom. The van der Waals surface area contributed by atoms with Crippen LogP contribution >= 0.6 is 0 Å². The third kappa shape index (κ3) is 5.41. The minimum absolute atomic E-state index is 0.00918. The second-order valence-electron chi connectivity index (χ2n) is 7.00. The lowest BCUT2D eigenvalue weighted by Gasteiger charge is -2.23. The molecule has 0 saturated carbocycles. The van der Waals surface area contributed by atoms with Crippen LogP contribution in [-0.4, -0.2) is 34.9 Å². The number of aryl methyl sites for hydroxylation is 2. The molecule has 2 rings (SSSR count). The van der Waals surface area contributed by atoms with Gasteiger partial charge in [0.2, 0.25) is 0 Å². The van der Waals surface area contributed by atoms with Crippen LogP contribution in [0.3, 0.4) is 0 Å². The number of rotatable bonds is 5. The predicted octanol–water partition coefficient (Wildman–Crippen LogP) is 3.08. The number of nitrogens with one attached hydrogen (secondary N) is 2. The Balaban J connectivity index is 1.86. The lowest BCUT2D eigenvalue weighted by molar-refractivity contribution is 0.501. The highest BCUT2D eigenvalue weighted by molar-refractivity contribution is 5.80. The largest absolute Gasteiger partial charge is 0.356 e. The maximum atomic E-state index is 4.62. The Hall–Kier alpha value is -2.30. The fraction of sp³-hybridized carbons (Fsp3) is 0.474. The summed E-state index contributed by atoms with van der Waals surface area (Å²) < 4.78 is 1.96. The van der Waals surface area contributed by atoms with Crippen molar-refractivity contribution in [3.8, 4) is 5.69 Å². The van der Waals surface area contributed by atoms with Gasteiger partial charge in [-0.1, -0.05) is 18.2 Å². The Morgan fingerprint density at radius 3 is 2.54 bits per heavy atom. The van der Waals surface area contributed by atoms with Crippen LogP contribution in [0.2, 0.25) is 0 Å². The molecule has 0 unspecified atom stereocenters. The van der Waals surface area contributed by atoms with Crippen LogP contribution in [0.5, 0.6) is 0 Å². The zero-order chi connectivity index (χ0) is 17.6. The molecule has 0 atom stereocenters. The molecule has 24 heavy (non-hydrogen) atoms. The first-order valence-corrected chi connectivity index (χ1v) is 8.48. The van der Waals surface area contributed by atoms with E-state index in [1.165, 1.54) is 5.56 Å². The summed E-state index contributed by atoms with van der Waals surface area (Å²) in [5, 5.41) is 11.3. The minimum Gasteiger partial charge on any atom is -0.356 e. The molecule has 0 amide bonds. The standard InChI is InChI=1S/C19H29N5/c1-15-16(14-24(23-15)17-11-7-6-8-12-17)10-9-13-21-18(20-5)22-19(2,3)4/h6-8,11-12,14H,9-10,13H2,1-5H3,(H2,20,21,22). The molecule has 0 bridgehead atoms. The lowest BCUT2D eigenvalue weighted by atomic mass is 10.1. The Morgan fingerprint density at radius 1 is 1.21 bits per heavy atom. The number of guanidine groups is 1. The van der Waals surface area contributed by atoms with E-state index in [1.807, 2.05) is 22.9 Å². The molecule has 5 nitrogen and oxygen atoms in total. The van der Waals surface area contributed by atoms with E-state index in [4.69, 9.17) is 0 Å². The highest BCUT2D eigenvalue weighted by atomic mass is 15.3. The Kier molecular flexibility index (Phi) is 6.01. The molecule has 2 aromatic rings. The van der Waals surface area contributed by atoms with Crippen molar-refractivity contribution < 1.29 is 0 Å². The number of para-hydroxylation sites is 1. The van der Waals surface area contributed by atoms with Crippen LogP contribution in [0.1, 0.15) is 38.4 Å².